The van der Waals surface area contributed by atoms with Gasteiger partial charge in [0.05, 0.1) is 23.8 Å². The highest BCUT2D eigenvalue weighted by Crippen LogP contribution is 2.40. The molecule has 41 heavy (non-hydrogen) atoms. The van der Waals surface area contributed by atoms with Gasteiger partial charge in [0.25, 0.3) is 0 Å². The van der Waals surface area contributed by atoms with Crippen molar-refractivity contribution in [2.24, 2.45) is 7.05 Å². The van der Waals surface area contributed by atoms with Crippen molar-refractivity contribution in [2.45, 2.75) is 46.7 Å². The second-order valence-electron chi connectivity index (χ2n) is 11.5. The van der Waals surface area contributed by atoms with Gasteiger partial charge in [0.2, 0.25) is 11.7 Å². The third kappa shape index (κ3) is 5.07. The summed E-state index contributed by atoms with van der Waals surface area (Å²) in [5.74, 6) is 7.77. The van der Waals surface area contributed by atoms with Crippen molar-refractivity contribution in [3.05, 3.63) is 59.6 Å². The summed E-state index contributed by atoms with van der Waals surface area (Å²) in [6, 6.07) is 6.58. The van der Waals surface area contributed by atoms with Gasteiger partial charge in [-0.3, -0.25) is 14.4 Å². The van der Waals surface area contributed by atoms with Crippen molar-refractivity contribution in [2.75, 3.05) is 38.6 Å². The van der Waals surface area contributed by atoms with Gasteiger partial charge in [0.1, 0.15) is 5.82 Å². The van der Waals surface area contributed by atoms with E-state index in [4.69, 9.17) is 9.97 Å². The van der Waals surface area contributed by atoms with Crippen LogP contribution in [0.4, 0.5) is 5.82 Å². The van der Waals surface area contributed by atoms with Crippen LogP contribution < -0.4 is 4.90 Å². The van der Waals surface area contributed by atoms with Gasteiger partial charge in [0, 0.05) is 48.6 Å². The van der Waals surface area contributed by atoms with E-state index < -0.39 is 0 Å². The number of nitrogens with zero attached hydrogens (tertiary/aromatic N) is 7. The SMILES string of the molecule is C=CC(=O)N1C[C@H](C)N(c2nc(C#CCN(C)C)nc3c(C)c(-c4c(C)ccc5cnn(C)c45)c(C)cc23)C[C@H]1C. The third-order valence-corrected chi connectivity index (χ3v) is 8.08. The highest BCUT2D eigenvalue weighted by Gasteiger charge is 2.33. The van der Waals surface area contributed by atoms with Crippen LogP contribution in [0.1, 0.15) is 36.4 Å². The average molecular weight is 550 g/mol. The molecule has 3 heterocycles. The Morgan fingerprint density at radius 3 is 2.56 bits per heavy atom. The van der Waals surface area contributed by atoms with Crippen LogP contribution in [-0.2, 0) is 11.8 Å². The predicted octanol–water partition coefficient (Wildman–Crippen LogP) is 4.63. The van der Waals surface area contributed by atoms with Crippen molar-refractivity contribution < 1.29 is 4.79 Å². The fourth-order valence-corrected chi connectivity index (χ4v) is 6.04. The van der Waals surface area contributed by atoms with Crippen LogP contribution >= 0.6 is 0 Å². The van der Waals surface area contributed by atoms with Gasteiger partial charge in [-0.2, -0.15) is 5.10 Å². The highest BCUT2D eigenvalue weighted by atomic mass is 16.2. The molecule has 8 nitrogen and oxygen atoms in total. The Morgan fingerprint density at radius 1 is 1.10 bits per heavy atom. The highest BCUT2D eigenvalue weighted by molar-refractivity contribution is 6.03. The number of benzene rings is 2. The minimum absolute atomic E-state index is 0.0107. The molecule has 0 N–H and O–H groups in total. The van der Waals surface area contributed by atoms with Crippen molar-refractivity contribution in [3.8, 4) is 23.0 Å². The lowest BCUT2D eigenvalue weighted by Gasteiger charge is -2.44. The molecule has 2 aromatic heterocycles. The van der Waals surface area contributed by atoms with E-state index in [9.17, 15) is 4.79 Å². The van der Waals surface area contributed by atoms with Crippen LogP contribution in [0.15, 0.2) is 37.1 Å². The molecule has 2 aromatic carbocycles. The van der Waals surface area contributed by atoms with Crippen molar-refractivity contribution in [1.82, 2.24) is 29.5 Å². The number of carbonyl (C=O) groups is 1. The number of amides is 1. The molecular weight excluding hydrogens is 510 g/mol. The van der Waals surface area contributed by atoms with E-state index >= 15 is 0 Å². The Hall–Kier alpha value is -4.22. The fraction of sp³-hybridized carbons (Fsp3) is 0.394. The first-order valence-corrected chi connectivity index (χ1v) is 14.1. The summed E-state index contributed by atoms with van der Waals surface area (Å²) in [5.41, 5.74) is 7.80. The Kier molecular flexibility index (Phi) is 7.58. The molecule has 0 bridgehead atoms. The number of aromatic nitrogens is 4. The Labute approximate surface area is 242 Å². The standard InChI is InChI=1S/C33H39N7O/c1-10-28(41)39-18-23(5)40(19-22(39)4)33-26-16-21(3)29(30-20(2)13-14-25-17-34-38(9)32(25)30)24(6)31(26)35-27(36-33)12-11-15-37(7)8/h10,13-14,16-17,22-23H,1,15,18-19H2,2-9H3/t22-,23+/m1/s1. The first kappa shape index (κ1) is 28.3. The van der Waals surface area contributed by atoms with Gasteiger partial charge in [0.15, 0.2) is 0 Å². The molecule has 2 atom stereocenters. The van der Waals surface area contributed by atoms with E-state index in [2.05, 4.69) is 81.2 Å². The maximum atomic E-state index is 12.5. The fourth-order valence-electron chi connectivity index (χ4n) is 6.04. The number of fused-ring (bicyclic) bond motifs is 2. The smallest absolute Gasteiger partial charge is 0.246 e. The van der Waals surface area contributed by atoms with Crippen molar-refractivity contribution >= 4 is 33.5 Å². The molecule has 0 unspecified atom stereocenters. The number of carbonyl (C=O) groups excluding carboxylic acids is 1. The van der Waals surface area contributed by atoms with Crippen LogP contribution in [0.2, 0.25) is 0 Å². The van der Waals surface area contributed by atoms with E-state index in [-0.39, 0.29) is 18.0 Å². The van der Waals surface area contributed by atoms with E-state index in [1.165, 1.54) is 22.8 Å². The van der Waals surface area contributed by atoms with Crippen molar-refractivity contribution in [3.63, 3.8) is 0 Å². The molecule has 1 fully saturated rings. The topological polar surface area (TPSA) is 70.4 Å². The van der Waals surface area contributed by atoms with Gasteiger partial charge in [-0.05, 0) is 89.0 Å². The van der Waals surface area contributed by atoms with Crippen LogP contribution in [0.5, 0.6) is 0 Å². The molecule has 4 aromatic rings. The third-order valence-electron chi connectivity index (χ3n) is 8.08. The van der Waals surface area contributed by atoms with E-state index in [0.717, 1.165) is 38.8 Å². The van der Waals surface area contributed by atoms with Crippen molar-refractivity contribution in [1.29, 1.82) is 0 Å². The minimum Gasteiger partial charge on any atom is -0.349 e. The number of piperazine rings is 1. The molecule has 1 aliphatic heterocycles. The van der Waals surface area contributed by atoms with E-state index in [1.807, 2.05) is 41.8 Å². The lowest BCUT2D eigenvalue weighted by Crippen LogP contribution is -2.58. The molecule has 0 radical (unpaired) electrons. The lowest BCUT2D eigenvalue weighted by molar-refractivity contribution is -0.128. The van der Waals surface area contributed by atoms with Gasteiger partial charge < -0.3 is 9.80 Å². The van der Waals surface area contributed by atoms with Crippen LogP contribution in [0.3, 0.4) is 0 Å². The summed E-state index contributed by atoms with van der Waals surface area (Å²) in [5, 5.41) is 6.66. The normalized spacial score (nSPS) is 17.3. The maximum Gasteiger partial charge on any atom is 0.246 e. The van der Waals surface area contributed by atoms with Gasteiger partial charge in [-0.25, -0.2) is 9.97 Å². The second-order valence-corrected chi connectivity index (χ2v) is 11.5. The average Bonchev–Trinajstić information content (AvgIpc) is 3.30. The summed E-state index contributed by atoms with van der Waals surface area (Å²) in [7, 11) is 5.99. The molecule has 1 aliphatic rings. The molecule has 212 valence electrons. The summed E-state index contributed by atoms with van der Waals surface area (Å²) in [6.45, 7) is 16.3. The maximum absolute atomic E-state index is 12.5. The molecule has 0 aliphatic carbocycles. The summed E-state index contributed by atoms with van der Waals surface area (Å²) in [6.07, 6.45) is 3.32. The number of rotatable bonds is 4. The van der Waals surface area contributed by atoms with E-state index in [0.29, 0.717) is 25.5 Å². The molecule has 1 amide bonds. The predicted molar refractivity (Wildman–Crippen MR) is 167 cm³/mol. The van der Waals surface area contributed by atoms with Gasteiger partial charge >= 0.3 is 0 Å². The zero-order chi connectivity index (χ0) is 29.6. The first-order valence-electron chi connectivity index (χ1n) is 14.1. The van der Waals surface area contributed by atoms with Crippen LogP contribution in [0.25, 0.3) is 32.9 Å². The zero-order valence-electron chi connectivity index (χ0n) is 25.4. The lowest BCUT2D eigenvalue weighted by atomic mass is 9.89. The zero-order valence-corrected chi connectivity index (χ0v) is 25.4. The van der Waals surface area contributed by atoms with Crippen LogP contribution in [-0.4, -0.2) is 81.3 Å². The molecular formula is C33H39N7O. The van der Waals surface area contributed by atoms with Crippen LogP contribution in [0, 0.1) is 32.6 Å². The largest absolute Gasteiger partial charge is 0.349 e. The Bertz CT molecular complexity index is 1740. The summed E-state index contributed by atoms with van der Waals surface area (Å²) >= 11 is 0. The number of anilines is 1. The van der Waals surface area contributed by atoms with Gasteiger partial charge in [-0.1, -0.05) is 24.6 Å². The quantitative estimate of drug-likeness (QED) is 0.273. The first-order chi connectivity index (χ1) is 19.5. The molecule has 8 heteroatoms. The molecule has 0 spiro atoms. The second kappa shape index (κ2) is 11.0. The summed E-state index contributed by atoms with van der Waals surface area (Å²) < 4.78 is 1.96. The minimum atomic E-state index is -0.0390. The Balaban J connectivity index is 1.75. The van der Waals surface area contributed by atoms with E-state index in [1.54, 1.807) is 0 Å². The molecule has 0 saturated carbocycles. The van der Waals surface area contributed by atoms with Gasteiger partial charge in [-0.15, -0.1) is 0 Å². The number of hydrogen-bond acceptors (Lipinski definition) is 6. The molecule has 1 saturated heterocycles. The Morgan fingerprint density at radius 2 is 1.85 bits per heavy atom. The summed E-state index contributed by atoms with van der Waals surface area (Å²) in [4.78, 5) is 28.8. The molecule has 5 rings (SSSR count). The monoisotopic (exact) mass is 549 g/mol. The number of aryl methyl sites for hydroxylation is 4. The number of hydrogen-bond donors (Lipinski definition) is 0.